The number of nitrogens with zero attached hydrogens (tertiary/aromatic N) is 3. The van der Waals surface area contributed by atoms with Gasteiger partial charge in [-0.2, -0.15) is 0 Å². The number of amides is 1. The highest BCUT2D eigenvalue weighted by molar-refractivity contribution is 5.99. The van der Waals surface area contributed by atoms with Crippen LogP contribution in [-0.4, -0.2) is 35.2 Å². The Kier molecular flexibility index (Phi) is 7.24. The molecular weight excluding hydrogens is 446 g/mol. The third-order valence-corrected chi connectivity index (χ3v) is 6.26. The normalized spacial score (nSPS) is 14.8. The van der Waals surface area contributed by atoms with Crippen molar-refractivity contribution in [2.45, 2.75) is 39.3 Å². The zero-order valence-electron chi connectivity index (χ0n) is 20.1. The molecule has 0 saturated heterocycles. The molecule has 0 unspecified atom stereocenters. The highest BCUT2D eigenvalue weighted by Gasteiger charge is 2.34. The molecule has 1 atom stereocenters. The third kappa shape index (κ3) is 4.80. The highest BCUT2D eigenvalue weighted by atomic mass is 16.5. The second-order valence-corrected chi connectivity index (χ2v) is 8.48. The van der Waals surface area contributed by atoms with Crippen LogP contribution in [0.4, 0.5) is 17.2 Å². The lowest BCUT2D eigenvalue weighted by atomic mass is 10.0. The number of unbranched alkanes of at least 4 members (excludes halogenated alkanes) is 1. The molecule has 2 heterocycles. The van der Waals surface area contributed by atoms with Crippen molar-refractivity contribution in [3.05, 3.63) is 81.0 Å². The van der Waals surface area contributed by atoms with E-state index >= 15 is 0 Å². The first kappa shape index (κ1) is 24.1. The fourth-order valence-electron chi connectivity index (χ4n) is 4.43. The molecule has 0 aliphatic carbocycles. The summed E-state index contributed by atoms with van der Waals surface area (Å²) in [6.45, 7) is 4.82. The minimum Gasteiger partial charge on any atom is -0.489 e. The topological polar surface area (TPSA) is 114 Å². The molecule has 0 radical (unpaired) electrons. The van der Waals surface area contributed by atoms with Gasteiger partial charge >= 0.3 is 5.69 Å². The fourth-order valence-corrected chi connectivity index (χ4v) is 4.43. The average molecular weight is 478 g/mol. The Morgan fingerprint density at radius 3 is 2.54 bits per heavy atom. The zero-order valence-corrected chi connectivity index (χ0v) is 20.1. The molecule has 2 aromatic carbocycles. The minimum absolute atomic E-state index is 0.0730. The van der Waals surface area contributed by atoms with Crippen LogP contribution in [0.15, 0.2) is 64.2 Å². The van der Waals surface area contributed by atoms with Gasteiger partial charge in [0, 0.05) is 13.1 Å². The number of para-hydroxylation sites is 2. The Morgan fingerprint density at radius 1 is 1.11 bits per heavy atom. The summed E-state index contributed by atoms with van der Waals surface area (Å²) in [5.41, 5.74) is 6.92. The van der Waals surface area contributed by atoms with Gasteiger partial charge in [0.2, 0.25) is 5.91 Å². The Bertz CT molecular complexity index is 1300. The number of nitrogens with one attached hydrogen (secondary N) is 1. The van der Waals surface area contributed by atoms with Gasteiger partial charge in [0.15, 0.2) is 0 Å². The standard InChI is InChI=1S/C26H31N5O4/c1-3-5-15-30-24(27)23(25(33)28-26(30)34)29(4-2)16-22(32)31-19-13-9-10-14-21(19)35-17-20(31)18-11-7-6-8-12-18/h6-14,20H,3-5,15-17,27H2,1-2H3,(H,28,33,34)/t20-/m0/s1. The maximum Gasteiger partial charge on any atom is 0.330 e. The number of benzene rings is 2. The second kappa shape index (κ2) is 10.5. The molecule has 184 valence electrons. The first-order chi connectivity index (χ1) is 17.0. The molecule has 0 fully saturated rings. The van der Waals surface area contributed by atoms with Gasteiger partial charge in [0.1, 0.15) is 23.9 Å². The van der Waals surface area contributed by atoms with Crippen molar-refractivity contribution in [1.82, 2.24) is 9.55 Å². The third-order valence-electron chi connectivity index (χ3n) is 6.26. The van der Waals surface area contributed by atoms with Crippen LogP contribution < -0.4 is 31.5 Å². The van der Waals surface area contributed by atoms with Crippen LogP contribution in [0.25, 0.3) is 0 Å². The average Bonchev–Trinajstić information content (AvgIpc) is 2.87. The predicted octanol–water partition coefficient (Wildman–Crippen LogP) is 2.91. The van der Waals surface area contributed by atoms with Gasteiger partial charge in [0.25, 0.3) is 5.56 Å². The van der Waals surface area contributed by atoms with E-state index in [1.54, 1.807) is 9.80 Å². The van der Waals surface area contributed by atoms with E-state index in [1.807, 2.05) is 68.4 Å². The molecule has 0 saturated carbocycles. The van der Waals surface area contributed by atoms with Gasteiger partial charge in [0.05, 0.1) is 18.3 Å². The Morgan fingerprint density at radius 2 is 1.83 bits per heavy atom. The molecule has 1 aromatic heterocycles. The summed E-state index contributed by atoms with van der Waals surface area (Å²) in [5, 5.41) is 0. The number of ether oxygens (including phenoxy) is 1. The lowest BCUT2D eigenvalue weighted by Gasteiger charge is -2.38. The molecule has 4 rings (SSSR count). The monoisotopic (exact) mass is 477 g/mol. The van der Waals surface area contributed by atoms with Crippen LogP contribution >= 0.6 is 0 Å². The number of likely N-dealkylation sites (N-methyl/N-ethyl adjacent to an activating group) is 1. The van der Waals surface area contributed by atoms with Gasteiger partial charge in [-0.1, -0.05) is 55.8 Å². The van der Waals surface area contributed by atoms with E-state index in [0.717, 1.165) is 18.4 Å². The van der Waals surface area contributed by atoms with E-state index in [4.69, 9.17) is 10.5 Å². The Balaban J connectivity index is 1.71. The van der Waals surface area contributed by atoms with Gasteiger partial charge in [-0.25, -0.2) is 4.79 Å². The summed E-state index contributed by atoms with van der Waals surface area (Å²) >= 11 is 0. The number of nitrogen functional groups attached to an aromatic ring is 1. The quantitative estimate of drug-likeness (QED) is 0.516. The number of carbonyl (C=O) groups is 1. The molecule has 0 bridgehead atoms. The summed E-state index contributed by atoms with van der Waals surface area (Å²) in [6.07, 6.45) is 1.61. The van der Waals surface area contributed by atoms with Crippen molar-refractivity contribution in [2.75, 3.05) is 35.2 Å². The van der Waals surface area contributed by atoms with Crippen molar-refractivity contribution in [3.8, 4) is 5.75 Å². The number of H-pyrrole nitrogens is 1. The van der Waals surface area contributed by atoms with E-state index in [2.05, 4.69) is 4.98 Å². The summed E-state index contributed by atoms with van der Waals surface area (Å²) in [5.74, 6) is 0.493. The molecule has 1 aliphatic heterocycles. The lowest BCUT2D eigenvalue weighted by Crippen LogP contribution is -2.47. The van der Waals surface area contributed by atoms with Crippen LogP contribution in [0.5, 0.6) is 5.75 Å². The largest absolute Gasteiger partial charge is 0.489 e. The summed E-state index contributed by atoms with van der Waals surface area (Å²) in [4.78, 5) is 44.7. The van der Waals surface area contributed by atoms with E-state index in [1.165, 1.54) is 4.57 Å². The molecule has 3 N–H and O–H groups in total. The Labute approximate surface area is 203 Å². The van der Waals surface area contributed by atoms with Gasteiger partial charge in [-0.3, -0.25) is 24.0 Å². The van der Waals surface area contributed by atoms with E-state index in [9.17, 15) is 14.4 Å². The second-order valence-electron chi connectivity index (χ2n) is 8.48. The molecule has 1 aliphatic rings. The van der Waals surface area contributed by atoms with Crippen molar-refractivity contribution >= 4 is 23.1 Å². The summed E-state index contributed by atoms with van der Waals surface area (Å²) in [6, 6.07) is 16.8. The van der Waals surface area contributed by atoms with Gasteiger partial charge < -0.3 is 15.4 Å². The minimum atomic E-state index is -0.600. The number of carbonyl (C=O) groups excluding carboxylic acids is 1. The number of aromatic nitrogens is 2. The van der Waals surface area contributed by atoms with E-state index < -0.39 is 11.2 Å². The maximum atomic E-state index is 13.8. The molecule has 3 aromatic rings. The number of hydrogen-bond acceptors (Lipinski definition) is 6. The number of anilines is 3. The van der Waals surface area contributed by atoms with Gasteiger partial charge in [-0.15, -0.1) is 0 Å². The zero-order chi connectivity index (χ0) is 24.9. The first-order valence-corrected chi connectivity index (χ1v) is 11.9. The number of hydrogen-bond donors (Lipinski definition) is 2. The molecule has 1 amide bonds. The fraction of sp³-hybridized carbons (Fsp3) is 0.346. The molecule has 35 heavy (non-hydrogen) atoms. The van der Waals surface area contributed by atoms with Crippen LogP contribution in [0.3, 0.4) is 0 Å². The van der Waals surface area contributed by atoms with Crippen LogP contribution in [0.2, 0.25) is 0 Å². The lowest BCUT2D eigenvalue weighted by molar-refractivity contribution is -0.118. The smallest absolute Gasteiger partial charge is 0.330 e. The van der Waals surface area contributed by atoms with E-state index in [0.29, 0.717) is 31.1 Å². The highest BCUT2D eigenvalue weighted by Crippen LogP contribution is 2.39. The molecule has 9 heteroatoms. The van der Waals surface area contributed by atoms with Crippen molar-refractivity contribution in [3.63, 3.8) is 0 Å². The van der Waals surface area contributed by atoms with Crippen molar-refractivity contribution in [2.24, 2.45) is 0 Å². The number of aromatic amines is 1. The van der Waals surface area contributed by atoms with Crippen LogP contribution in [-0.2, 0) is 11.3 Å². The summed E-state index contributed by atoms with van der Waals surface area (Å²) in [7, 11) is 0. The van der Waals surface area contributed by atoms with Crippen molar-refractivity contribution in [1.29, 1.82) is 0 Å². The number of fused-ring (bicyclic) bond motifs is 1. The number of nitrogens with two attached hydrogens (primary N) is 1. The van der Waals surface area contributed by atoms with E-state index in [-0.39, 0.29) is 30.0 Å². The SMILES string of the molecule is CCCCn1c(N)c(N(CC)CC(=O)N2c3ccccc3OC[C@H]2c2ccccc2)c(=O)[nH]c1=O. The maximum absolute atomic E-state index is 13.8. The van der Waals surface area contributed by atoms with Crippen LogP contribution in [0, 0.1) is 0 Å². The van der Waals surface area contributed by atoms with Gasteiger partial charge in [-0.05, 0) is 31.0 Å². The van der Waals surface area contributed by atoms with Crippen LogP contribution in [0.1, 0.15) is 38.3 Å². The van der Waals surface area contributed by atoms with Crippen molar-refractivity contribution < 1.29 is 9.53 Å². The molecular formula is C26H31N5O4. The molecule has 9 nitrogen and oxygen atoms in total. The number of rotatable bonds is 8. The first-order valence-electron chi connectivity index (χ1n) is 11.9. The summed E-state index contributed by atoms with van der Waals surface area (Å²) < 4.78 is 7.34. The molecule has 0 spiro atoms. The predicted molar refractivity (Wildman–Crippen MR) is 137 cm³/mol. The Hall–Kier alpha value is -4.01.